The van der Waals surface area contributed by atoms with Gasteiger partial charge in [0.2, 0.25) is 0 Å². The molecule has 0 spiro atoms. The second kappa shape index (κ2) is 5.27. The Morgan fingerprint density at radius 3 is 3.10 bits per heavy atom. The zero-order chi connectivity index (χ0) is 14.9. The molecule has 0 saturated carbocycles. The molecule has 1 atom stereocenters. The van der Waals surface area contributed by atoms with Gasteiger partial charge in [0.05, 0.1) is 23.9 Å². The van der Waals surface area contributed by atoms with Gasteiger partial charge in [-0.3, -0.25) is 0 Å². The quantitative estimate of drug-likeness (QED) is 0.766. The molecule has 7 nitrogen and oxygen atoms in total. The van der Waals surface area contributed by atoms with Gasteiger partial charge in [-0.05, 0) is 26.0 Å². The molecule has 0 fully saturated rings. The summed E-state index contributed by atoms with van der Waals surface area (Å²) in [5.41, 5.74) is 7.06. The van der Waals surface area contributed by atoms with Crippen molar-refractivity contribution in [3.63, 3.8) is 0 Å². The normalized spacial score (nSPS) is 14.4. The van der Waals surface area contributed by atoms with Gasteiger partial charge in [-0.2, -0.15) is 10.1 Å². The lowest BCUT2D eigenvalue weighted by Gasteiger charge is -2.19. The minimum Gasteiger partial charge on any atom is -0.379 e. The van der Waals surface area contributed by atoms with Gasteiger partial charge >= 0.3 is 0 Å². The molecule has 3 aromatic rings. The molecule has 0 aromatic carbocycles. The molecule has 0 radical (unpaired) electrons. The van der Waals surface area contributed by atoms with Crippen LogP contribution in [0.5, 0.6) is 0 Å². The average Bonchev–Trinajstić information content (AvgIpc) is 3.11. The summed E-state index contributed by atoms with van der Waals surface area (Å²) in [5.74, 6) is 0.820. The largest absolute Gasteiger partial charge is 0.379 e. The summed E-state index contributed by atoms with van der Waals surface area (Å²) in [6.45, 7) is 4.65. The predicted octanol–water partition coefficient (Wildman–Crippen LogP) is 1.59. The number of nitrogens with zero attached hydrogens (tertiary/aromatic N) is 4. The fourth-order valence-corrected chi connectivity index (χ4v) is 2.04. The summed E-state index contributed by atoms with van der Waals surface area (Å²) in [6.07, 6.45) is 3.56. The van der Waals surface area contributed by atoms with Crippen molar-refractivity contribution >= 4 is 5.52 Å². The van der Waals surface area contributed by atoms with Crippen molar-refractivity contribution in [3.8, 4) is 11.5 Å². The Balaban J connectivity index is 1.95. The lowest BCUT2D eigenvalue weighted by Crippen LogP contribution is -2.39. The molecular formula is C14H17N5O2. The minimum absolute atomic E-state index is 0.331. The van der Waals surface area contributed by atoms with Crippen LogP contribution in [0.1, 0.15) is 19.7 Å². The highest BCUT2D eigenvalue weighted by molar-refractivity contribution is 5.74. The Hall–Kier alpha value is -2.25. The van der Waals surface area contributed by atoms with E-state index in [-0.39, 0.29) is 0 Å². The molecule has 2 N–H and O–H groups in total. The van der Waals surface area contributed by atoms with Gasteiger partial charge in [-0.25, -0.2) is 4.52 Å². The van der Waals surface area contributed by atoms with E-state index in [4.69, 9.17) is 15.0 Å². The van der Waals surface area contributed by atoms with Gasteiger partial charge in [0.1, 0.15) is 5.54 Å². The standard InChI is InChI=1S/C14H17N5O2/c1-3-20-9-14(2,15)13-17-12(21-18-13)10-8-16-19-7-5-4-6-11(10)19/h4-8H,3,9,15H2,1-2H3. The second-order valence-corrected chi connectivity index (χ2v) is 5.07. The Morgan fingerprint density at radius 1 is 1.43 bits per heavy atom. The van der Waals surface area contributed by atoms with E-state index in [2.05, 4.69) is 15.2 Å². The van der Waals surface area contributed by atoms with Gasteiger partial charge in [0.25, 0.3) is 5.89 Å². The molecule has 0 aliphatic heterocycles. The third kappa shape index (κ3) is 2.53. The van der Waals surface area contributed by atoms with Crippen molar-refractivity contribution in [2.24, 2.45) is 5.73 Å². The molecule has 3 rings (SSSR count). The van der Waals surface area contributed by atoms with Crippen molar-refractivity contribution in [1.82, 2.24) is 19.8 Å². The molecule has 110 valence electrons. The molecule has 0 amide bonds. The zero-order valence-corrected chi connectivity index (χ0v) is 12.0. The molecule has 0 bridgehead atoms. The van der Waals surface area contributed by atoms with Crippen molar-refractivity contribution in [1.29, 1.82) is 0 Å². The average molecular weight is 287 g/mol. The maximum absolute atomic E-state index is 6.17. The van der Waals surface area contributed by atoms with Crippen LogP contribution < -0.4 is 5.73 Å². The molecule has 21 heavy (non-hydrogen) atoms. The zero-order valence-electron chi connectivity index (χ0n) is 12.0. The SMILES string of the molecule is CCOCC(C)(N)c1noc(-c2cnn3ccccc23)n1. The number of pyridine rings is 1. The van der Waals surface area contributed by atoms with Crippen LogP contribution in [0.4, 0.5) is 0 Å². The first kappa shape index (κ1) is 13.7. The van der Waals surface area contributed by atoms with Gasteiger partial charge in [-0.15, -0.1) is 0 Å². The monoisotopic (exact) mass is 287 g/mol. The second-order valence-electron chi connectivity index (χ2n) is 5.07. The van der Waals surface area contributed by atoms with Crippen LogP contribution in [0, 0.1) is 0 Å². The number of hydrogen-bond donors (Lipinski definition) is 1. The van der Waals surface area contributed by atoms with E-state index >= 15 is 0 Å². The maximum Gasteiger partial charge on any atom is 0.261 e. The van der Waals surface area contributed by atoms with Crippen LogP contribution in [-0.4, -0.2) is 33.0 Å². The summed E-state index contributed by atoms with van der Waals surface area (Å²) in [4.78, 5) is 4.39. The Kier molecular flexibility index (Phi) is 3.44. The topological polar surface area (TPSA) is 91.5 Å². The summed E-state index contributed by atoms with van der Waals surface area (Å²) in [7, 11) is 0. The highest BCUT2D eigenvalue weighted by atomic mass is 16.5. The number of fused-ring (bicyclic) bond motifs is 1. The summed E-state index contributed by atoms with van der Waals surface area (Å²) >= 11 is 0. The van der Waals surface area contributed by atoms with Crippen LogP contribution >= 0.6 is 0 Å². The number of ether oxygens (including phenoxy) is 1. The lowest BCUT2D eigenvalue weighted by molar-refractivity contribution is 0.0962. The fraction of sp³-hybridized carbons (Fsp3) is 0.357. The van der Waals surface area contributed by atoms with Crippen LogP contribution in [0.3, 0.4) is 0 Å². The molecule has 3 aromatic heterocycles. The van der Waals surface area contributed by atoms with Crippen LogP contribution in [0.25, 0.3) is 17.0 Å². The van der Waals surface area contributed by atoms with E-state index in [0.717, 1.165) is 11.1 Å². The van der Waals surface area contributed by atoms with Crippen molar-refractivity contribution in [3.05, 3.63) is 36.4 Å². The molecule has 0 aliphatic rings. The van der Waals surface area contributed by atoms with E-state index < -0.39 is 5.54 Å². The summed E-state index contributed by atoms with van der Waals surface area (Å²) < 4.78 is 12.4. The van der Waals surface area contributed by atoms with E-state index in [9.17, 15) is 0 Å². The summed E-state index contributed by atoms with van der Waals surface area (Å²) in [6, 6.07) is 5.77. The van der Waals surface area contributed by atoms with Gasteiger partial charge in [0, 0.05) is 12.8 Å². The highest BCUT2D eigenvalue weighted by Gasteiger charge is 2.28. The van der Waals surface area contributed by atoms with E-state index in [1.54, 1.807) is 10.7 Å². The van der Waals surface area contributed by atoms with Crippen molar-refractivity contribution in [2.75, 3.05) is 13.2 Å². The maximum atomic E-state index is 6.17. The smallest absolute Gasteiger partial charge is 0.261 e. The molecule has 7 heteroatoms. The molecule has 0 aliphatic carbocycles. The first-order valence-electron chi connectivity index (χ1n) is 6.75. The van der Waals surface area contributed by atoms with Crippen LogP contribution in [0.2, 0.25) is 0 Å². The lowest BCUT2D eigenvalue weighted by atomic mass is 10.1. The highest BCUT2D eigenvalue weighted by Crippen LogP contribution is 2.25. The van der Waals surface area contributed by atoms with Gasteiger partial charge < -0.3 is 15.0 Å². The first-order chi connectivity index (χ1) is 10.1. The van der Waals surface area contributed by atoms with Crippen LogP contribution in [-0.2, 0) is 10.3 Å². The minimum atomic E-state index is -0.791. The Bertz CT molecular complexity index is 747. The van der Waals surface area contributed by atoms with Crippen molar-refractivity contribution in [2.45, 2.75) is 19.4 Å². The third-order valence-electron chi connectivity index (χ3n) is 3.20. The molecule has 0 saturated heterocycles. The van der Waals surface area contributed by atoms with Gasteiger partial charge in [0.15, 0.2) is 5.82 Å². The molecule has 1 unspecified atom stereocenters. The molecular weight excluding hydrogens is 270 g/mol. The third-order valence-corrected chi connectivity index (χ3v) is 3.20. The summed E-state index contributed by atoms with van der Waals surface area (Å²) in [5, 5.41) is 8.22. The Morgan fingerprint density at radius 2 is 2.29 bits per heavy atom. The van der Waals surface area contributed by atoms with E-state index in [1.807, 2.05) is 38.2 Å². The van der Waals surface area contributed by atoms with E-state index in [0.29, 0.717) is 24.9 Å². The number of nitrogens with two attached hydrogens (primary N) is 1. The predicted molar refractivity (Wildman–Crippen MR) is 76.5 cm³/mol. The van der Waals surface area contributed by atoms with E-state index in [1.165, 1.54) is 0 Å². The number of aromatic nitrogens is 4. The first-order valence-corrected chi connectivity index (χ1v) is 6.75. The van der Waals surface area contributed by atoms with Gasteiger partial charge in [-0.1, -0.05) is 11.2 Å². The Labute approximate surface area is 121 Å². The number of rotatable bonds is 5. The fourth-order valence-electron chi connectivity index (χ4n) is 2.04. The van der Waals surface area contributed by atoms with Crippen LogP contribution in [0.15, 0.2) is 35.1 Å². The van der Waals surface area contributed by atoms with Crippen molar-refractivity contribution < 1.29 is 9.26 Å². The molecule has 3 heterocycles. The number of hydrogen-bond acceptors (Lipinski definition) is 6.